The molecule has 19 heavy (non-hydrogen) atoms. The van der Waals surface area contributed by atoms with E-state index in [1.54, 1.807) is 0 Å². The molecule has 0 aromatic carbocycles. The van der Waals surface area contributed by atoms with Gasteiger partial charge in [0, 0.05) is 19.0 Å². The SMILES string of the molecule is CCC1CCCCC1NC(=O)NCCCCC(=O)O. The average Bonchev–Trinajstić information content (AvgIpc) is 2.38. The topological polar surface area (TPSA) is 78.4 Å². The highest BCUT2D eigenvalue weighted by Crippen LogP contribution is 2.26. The summed E-state index contributed by atoms with van der Waals surface area (Å²) in [5, 5.41) is 14.4. The molecule has 1 rings (SSSR count). The molecular formula is C14H26N2O3. The molecule has 0 radical (unpaired) electrons. The van der Waals surface area contributed by atoms with E-state index < -0.39 is 5.97 Å². The summed E-state index contributed by atoms with van der Waals surface area (Å²) in [5.74, 6) is -0.177. The minimum atomic E-state index is -0.780. The van der Waals surface area contributed by atoms with Crippen LogP contribution in [0.2, 0.25) is 0 Å². The minimum absolute atomic E-state index is 0.110. The summed E-state index contributed by atoms with van der Waals surface area (Å²) in [7, 11) is 0. The molecule has 2 atom stereocenters. The number of amides is 2. The Kier molecular flexibility index (Phi) is 7.30. The molecule has 1 aliphatic rings. The molecule has 110 valence electrons. The van der Waals surface area contributed by atoms with E-state index in [9.17, 15) is 9.59 Å². The van der Waals surface area contributed by atoms with Crippen LogP contribution in [0.15, 0.2) is 0 Å². The summed E-state index contributed by atoms with van der Waals surface area (Å²) >= 11 is 0. The Labute approximate surface area is 115 Å². The third-order valence-corrected chi connectivity index (χ3v) is 3.85. The Morgan fingerprint density at radius 2 is 1.95 bits per heavy atom. The summed E-state index contributed by atoms with van der Waals surface area (Å²) in [5.41, 5.74) is 0. The number of unbranched alkanes of at least 4 members (excludes halogenated alkanes) is 1. The van der Waals surface area contributed by atoms with E-state index in [0.29, 0.717) is 31.3 Å². The van der Waals surface area contributed by atoms with Crippen molar-refractivity contribution < 1.29 is 14.7 Å². The van der Waals surface area contributed by atoms with Crippen molar-refractivity contribution in [3.8, 4) is 0 Å². The van der Waals surface area contributed by atoms with Gasteiger partial charge < -0.3 is 15.7 Å². The molecule has 1 saturated carbocycles. The summed E-state index contributed by atoms with van der Waals surface area (Å²) in [6.07, 6.45) is 7.35. The van der Waals surface area contributed by atoms with Gasteiger partial charge in [0.15, 0.2) is 0 Å². The summed E-state index contributed by atoms with van der Waals surface area (Å²) in [6, 6.07) is 0.193. The first-order chi connectivity index (χ1) is 9.13. The molecule has 1 aliphatic carbocycles. The highest BCUT2D eigenvalue weighted by atomic mass is 16.4. The van der Waals surface area contributed by atoms with Crippen LogP contribution in [-0.4, -0.2) is 29.7 Å². The van der Waals surface area contributed by atoms with Gasteiger partial charge in [0.2, 0.25) is 0 Å². The molecule has 0 bridgehead atoms. The Morgan fingerprint density at radius 3 is 2.63 bits per heavy atom. The van der Waals surface area contributed by atoms with Crippen LogP contribution in [0.3, 0.4) is 0 Å². The van der Waals surface area contributed by atoms with Crippen LogP contribution in [0, 0.1) is 5.92 Å². The summed E-state index contributed by atoms with van der Waals surface area (Å²) < 4.78 is 0. The third-order valence-electron chi connectivity index (χ3n) is 3.85. The second-order valence-corrected chi connectivity index (χ2v) is 5.31. The lowest BCUT2D eigenvalue weighted by atomic mass is 9.83. The van der Waals surface area contributed by atoms with Crippen LogP contribution in [0.4, 0.5) is 4.79 Å². The second kappa shape index (κ2) is 8.77. The second-order valence-electron chi connectivity index (χ2n) is 5.31. The molecule has 0 saturated heterocycles. The lowest BCUT2D eigenvalue weighted by molar-refractivity contribution is -0.137. The largest absolute Gasteiger partial charge is 0.481 e. The molecular weight excluding hydrogens is 244 g/mol. The van der Waals surface area contributed by atoms with Crippen molar-refractivity contribution in [2.75, 3.05) is 6.54 Å². The van der Waals surface area contributed by atoms with Crippen LogP contribution >= 0.6 is 0 Å². The maximum Gasteiger partial charge on any atom is 0.315 e. The molecule has 2 unspecified atom stereocenters. The molecule has 2 amide bonds. The maximum atomic E-state index is 11.7. The van der Waals surface area contributed by atoms with Crippen molar-refractivity contribution in [2.24, 2.45) is 5.92 Å². The fraction of sp³-hybridized carbons (Fsp3) is 0.857. The predicted molar refractivity (Wildman–Crippen MR) is 74.1 cm³/mol. The number of carbonyl (C=O) groups excluding carboxylic acids is 1. The molecule has 0 aliphatic heterocycles. The summed E-state index contributed by atoms with van der Waals surface area (Å²) in [4.78, 5) is 22.1. The number of hydrogen-bond donors (Lipinski definition) is 3. The third kappa shape index (κ3) is 6.45. The molecule has 5 heteroatoms. The van der Waals surface area contributed by atoms with E-state index in [1.807, 2.05) is 0 Å². The number of rotatable bonds is 7. The van der Waals surface area contributed by atoms with Gasteiger partial charge in [0.05, 0.1) is 0 Å². The van der Waals surface area contributed by atoms with Gasteiger partial charge in [-0.15, -0.1) is 0 Å². The zero-order chi connectivity index (χ0) is 14.1. The Balaban J connectivity index is 2.14. The Morgan fingerprint density at radius 1 is 1.21 bits per heavy atom. The molecule has 0 heterocycles. The molecule has 3 N–H and O–H groups in total. The quantitative estimate of drug-likeness (QED) is 0.622. The minimum Gasteiger partial charge on any atom is -0.481 e. The van der Waals surface area contributed by atoms with Crippen LogP contribution in [0.5, 0.6) is 0 Å². The number of hydrogen-bond acceptors (Lipinski definition) is 2. The van der Waals surface area contributed by atoms with Gasteiger partial charge in [0.1, 0.15) is 0 Å². The molecule has 5 nitrogen and oxygen atoms in total. The standard InChI is InChI=1S/C14H26N2O3/c1-2-11-7-3-4-8-12(11)16-14(19)15-10-6-5-9-13(17)18/h11-12H,2-10H2,1H3,(H,17,18)(H2,15,16,19). The van der Waals surface area contributed by atoms with Crippen molar-refractivity contribution in [3.05, 3.63) is 0 Å². The molecule has 0 aromatic heterocycles. The lowest BCUT2D eigenvalue weighted by Gasteiger charge is -2.31. The zero-order valence-corrected chi connectivity index (χ0v) is 11.8. The van der Waals surface area contributed by atoms with Crippen LogP contribution in [-0.2, 0) is 4.79 Å². The van der Waals surface area contributed by atoms with Crippen LogP contribution in [0.25, 0.3) is 0 Å². The summed E-state index contributed by atoms with van der Waals surface area (Å²) in [6.45, 7) is 2.72. The predicted octanol–water partition coefficient (Wildman–Crippen LogP) is 2.51. The van der Waals surface area contributed by atoms with Crippen LogP contribution in [0.1, 0.15) is 58.3 Å². The molecule has 1 fully saturated rings. The van der Waals surface area contributed by atoms with Crippen molar-refractivity contribution >= 4 is 12.0 Å². The Hall–Kier alpha value is -1.26. The van der Waals surface area contributed by atoms with Crippen molar-refractivity contribution in [2.45, 2.75) is 64.3 Å². The lowest BCUT2D eigenvalue weighted by Crippen LogP contribution is -2.46. The van der Waals surface area contributed by atoms with E-state index >= 15 is 0 Å². The monoisotopic (exact) mass is 270 g/mol. The van der Waals surface area contributed by atoms with Gasteiger partial charge >= 0.3 is 12.0 Å². The highest BCUT2D eigenvalue weighted by Gasteiger charge is 2.24. The van der Waals surface area contributed by atoms with Gasteiger partial charge in [-0.3, -0.25) is 4.79 Å². The smallest absolute Gasteiger partial charge is 0.315 e. The van der Waals surface area contributed by atoms with Crippen molar-refractivity contribution in [3.63, 3.8) is 0 Å². The van der Waals surface area contributed by atoms with Gasteiger partial charge in [-0.1, -0.05) is 26.2 Å². The molecule has 0 aromatic rings. The highest BCUT2D eigenvalue weighted by molar-refractivity contribution is 5.74. The van der Waals surface area contributed by atoms with Gasteiger partial charge in [0.25, 0.3) is 0 Å². The normalized spacial score (nSPS) is 22.8. The number of urea groups is 1. The van der Waals surface area contributed by atoms with E-state index in [0.717, 1.165) is 12.8 Å². The fourth-order valence-corrected chi connectivity index (χ4v) is 2.71. The van der Waals surface area contributed by atoms with Crippen molar-refractivity contribution in [1.82, 2.24) is 10.6 Å². The first-order valence-corrected chi connectivity index (χ1v) is 7.39. The first-order valence-electron chi connectivity index (χ1n) is 7.39. The average molecular weight is 270 g/mol. The number of carboxylic acids is 1. The van der Waals surface area contributed by atoms with E-state index in [2.05, 4.69) is 17.6 Å². The van der Waals surface area contributed by atoms with Gasteiger partial charge in [-0.25, -0.2) is 4.79 Å². The van der Waals surface area contributed by atoms with Crippen molar-refractivity contribution in [1.29, 1.82) is 0 Å². The maximum absolute atomic E-state index is 11.7. The van der Waals surface area contributed by atoms with Gasteiger partial charge in [-0.2, -0.15) is 0 Å². The fourth-order valence-electron chi connectivity index (χ4n) is 2.71. The van der Waals surface area contributed by atoms with Crippen LogP contribution < -0.4 is 10.6 Å². The van der Waals surface area contributed by atoms with E-state index in [-0.39, 0.29) is 12.5 Å². The number of carbonyl (C=O) groups is 2. The first kappa shape index (κ1) is 15.8. The Bertz CT molecular complexity index is 294. The van der Waals surface area contributed by atoms with E-state index in [1.165, 1.54) is 19.3 Å². The van der Waals surface area contributed by atoms with Gasteiger partial charge in [-0.05, 0) is 31.6 Å². The van der Waals surface area contributed by atoms with E-state index in [4.69, 9.17) is 5.11 Å². The number of nitrogens with one attached hydrogen (secondary N) is 2. The number of aliphatic carboxylic acids is 1. The zero-order valence-electron chi connectivity index (χ0n) is 11.8. The molecule has 0 spiro atoms. The number of carboxylic acid groups (broad SMARTS) is 1.